The first-order valence-corrected chi connectivity index (χ1v) is 9.84. The highest BCUT2D eigenvalue weighted by atomic mass is 32.1. The summed E-state index contributed by atoms with van der Waals surface area (Å²) in [6, 6.07) is 17.9. The van der Waals surface area contributed by atoms with Crippen molar-refractivity contribution < 1.29 is 9.53 Å². The molecule has 0 spiro atoms. The highest BCUT2D eigenvalue weighted by molar-refractivity contribution is 7.14. The monoisotopic (exact) mass is 388 g/mol. The van der Waals surface area contributed by atoms with Crippen LogP contribution in [-0.2, 0) is 0 Å². The molecule has 0 fully saturated rings. The number of benzene rings is 3. The third-order valence-electron chi connectivity index (χ3n) is 4.84. The van der Waals surface area contributed by atoms with Gasteiger partial charge in [-0.05, 0) is 53.9 Å². The molecular formula is C23H20N2O2S. The highest BCUT2D eigenvalue weighted by Gasteiger charge is 2.16. The van der Waals surface area contributed by atoms with Crippen molar-refractivity contribution in [3.05, 3.63) is 76.7 Å². The number of aryl methyl sites for hydroxylation is 2. The molecule has 140 valence electrons. The molecule has 1 N–H and O–H groups in total. The van der Waals surface area contributed by atoms with Crippen LogP contribution in [0.2, 0.25) is 0 Å². The van der Waals surface area contributed by atoms with Gasteiger partial charge < -0.3 is 4.74 Å². The van der Waals surface area contributed by atoms with Gasteiger partial charge in [-0.15, -0.1) is 11.3 Å². The lowest BCUT2D eigenvalue weighted by atomic mass is 10.1. The molecule has 0 bridgehead atoms. The number of nitrogens with one attached hydrogen (secondary N) is 1. The van der Waals surface area contributed by atoms with E-state index in [0.717, 1.165) is 22.0 Å². The van der Waals surface area contributed by atoms with Crippen LogP contribution in [0.15, 0.2) is 60.0 Å². The van der Waals surface area contributed by atoms with Crippen LogP contribution in [0.3, 0.4) is 0 Å². The number of ether oxygens (including phenoxy) is 1. The Bertz CT molecular complexity index is 1180. The Morgan fingerprint density at radius 3 is 2.46 bits per heavy atom. The molecule has 0 atom stereocenters. The maximum Gasteiger partial charge on any atom is 0.261 e. The number of hydrogen-bond donors (Lipinski definition) is 1. The quantitative estimate of drug-likeness (QED) is 0.478. The lowest BCUT2D eigenvalue weighted by Crippen LogP contribution is -2.13. The first kappa shape index (κ1) is 18.2. The van der Waals surface area contributed by atoms with Crippen LogP contribution in [0.25, 0.3) is 22.0 Å². The number of carbonyl (C=O) groups is 1. The molecule has 0 unspecified atom stereocenters. The van der Waals surface area contributed by atoms with E-state index in [4.69, 9.17) is 4.74 Å². The number of thiazole rings is 1. The molecule has 0 saturated carbocycles. The maximum atomic E-state index is 12.9. The molecule has 0 aliphatic heterocycles. The number of aromatic nitrogens is 1. The number of amides is 1. The summed E-state index contributed by atoms with van der Waals surface area (Å²) in [7, 11) is 1.57. The maximum absolute atomic E-state index is 12.9. The van der Waals surface area contributed by atoms with Crippen molar-refractivity contribution in [3.8, 4) is 17.0 Å². The Kier molecular flexibility index (Phi) is 4.84. The van der Waals surface area contributed by atoms with Gasteiger partial charge in [0.2, 0.25) is 0 Å². The molecule has 28 heavy (non-hydrogen) atoms. The second kappa shape index (κ2) is 7.44. The fourth-order valence-corrected chi connectivity index (χ4v) is 3.81. The molecule has 0 radical (unpaired) electrons. The van der Waals surface area contributed by atoms with E-state index >= 15 is 0 Å². The van der Waals surface area contributed by atoms with Crippen molar-refractivity contribution in [1.82, 2.24) is 4.98 Å². The summed E-state index contributed by atoms with van der Waals surface area (Å²) in [5.41, 5.74) is 4.86. The van der Waals surface area contributed by atoms with Gasteiger partial charge >= 0.3 is 0 Å². The molecule has 1 amide bonds. The molecule has 4 rings (SSSR count). The predicted molar refractivity (Wildman–Crippen MR) is 115 cm³/mol. The van der Waals surface area contributed by atoms with Gasteiger partial charge in [0.15, 0.2) is 5.13 Å². The van der Waals surface area contributed by atoms with Crippen LogP contribution in [0, 0.1) is 13.8 Å². The van der Waals surface area contributed by atoms with Crippen LogP contribution < -0.4 is 10.1 Å². The number of rotatable bonds is 4. The van der Waals surface area contributed by atoms with Gasteiger partial charge in [-0.25, -0.2) is 4.98 Å². The minimum atomic E-state index is -0.233. The second-order valence-electron chi connectivity index (χ2n) is 6.69. The Labute approximate surface area is 167 Å². The van der Waals surface area contributed by atoms with E-state index < -0.39 is 0 Å². The molecule has 0 saturated heterocycles. The van der Waals surface area contributed by atoms with Gasteiger partial charge in [0, 0.05) is 10.9 Å². The third-order valence-corrected chi connectivity index (χ3v) is 5.60. The van der Waals surface area contributed by atoms with Crippen LogP contribution in [-0.4, -0.2) is 18.0 Å². The van der Waals surface area contributed by atoms with E-state index in [0.29, 0.717) is 16.4 Å². The minimum Gasteiger partial charge on any atom is -0.496 e. The van der Waals surface area contributed by atoms with Crippen molar-refractivity contribution >= 4 is 33.1 Å². The Morgan fingerprint density at radius 1 is 1.00 bits per heavy atom. The van der Waals surface area contributed by atoms with Gasteiger partial charge in [0.05, 0.1) is 18.4 Å². The molecule has 4 aromatic rings. The number of methoxy groups -OCH3 is 1. The number of carbonyl (C=O) groups excluding carboxylic acids is 1. The van der Waals surface area contributed by atoms with E-state index in [2.05, 4.69) is 42.3 Å². The van der Waals surface area contributed by atoms with E-state index in [-0.39, 0.29) is 5.91 Å². The topological polar surface area (TPSA) is 51.2 Å². The number of nitrogens with zero attached hydrogens (tertiary/aromatic N) is 1. The van der Waals surface area contributed by atoms with Crippen LogP contribution >= 0.6 is 11.3 Å². The Morgan fingerprint density at radius 2 is 1.75 bits per heavy atom. The van der Waals surface area contributed by atoms with Crippen molar-refractivity contribution in [2.45, 2.75) is 13.8 Å². The lowest BCUT2D eigenvalue weighted by molar-refractivity contribution is 0.102. The predicted octanol–water partition coefficient (Wildman–Crippen LogP) is 5.84. The Hall–Kier alpha value is -3.18. The summed E-state index contributed by atoms with van der Waals surface area (Å²) in [6.45, 7) is 4.17. The molecule has 0 aliphatic rings. The largest absolute Gasteiger partial charge is 0.496 e. The number of fused-ring (bicyclic) bond motifs is 1. The molecular weight excluding hydrogens is 368 g/mol. The SMILES string of the molecule is COc1cc2ccccc2cc1C(=O)Nc1nc(-c2ccc(C)c(C)c2)cs1. The summed E-state index contributed by atoms with van der Waals surface area (Å²) in [4.78, 5) is 17.4. The Balaban J connectivity index is 1.61. The van der Waals surface area contributed by atoms with Crippen LogP contribution in [0.1, 0.15) is 21.5 Å². The van der Waals surface area contributed by atoms with E-state index in [1.807, 2.05) is 41.8 Å². The van der Waals surface area contributed by atoms with Crippen molar-refractivity contribution in [1.29, 1.82) is 0 Å². The van der Waals surface area contributed by atoms with Gasteiger partial charge in [0.25, 0.3) is 5.91 Å². The van der Waals surface area contributed by atoms with E-state index in [9.17, 15) is 4.79 Å². The zero-order valence-corrected chi connectivity index (χ0v) is 16.8. The zero-order valence-electron chi connectivity index (χ0n) is 15.9. The third kappa shape index (κ3) is 3.49. The molecule has 1 heterocycles. The average molecular weight is 388 g/mol. The van der Waals surface area contributed by atoms with Gasteiger partial charge in [-0.3, -0.25) is 10.1 Å². The summed E-state index contributed by atoms with van der Waals surface area (Å²) in [5, 5.41) is 7.44. The van der Waals surface area contributed by atoms with E-state index in [1.165, 1.54) is 22.5 Å². The normalized spacial score (nSPS) is 10.8. The molecule has 4 nitrogen and oxygen atoms in total. The molecule has 5 heteroatoms. The molecule has 1 aromatic heterocycles. The summed E-state index contributed by atoms with van der Waals surface area (Å²) in [5.74, 6) is 0.311. The highest BCUT2D eigenvalue weighted by Crippen LogP contribution is 2.29. The number of anilines is 1. The fraction of sp³-hybridized carbons (Fsp3) is 0.130. The van der Waals surface area contributed by atoms with Crippen LogP contribution in [0.4, 0.5) is 5.13 Å². The number of hydrogen-bond acceptors (Lipinski definition) is 4. The van der Waals surface area contributed by atoms with Crippen molar-refractivity contribution in [3.63, 3.8) is 0 Å². The summed E-state index contributed by atoms with van der Waals surface area (Å²) >= 11 is 1.41. The van der Waals surface area contributed by atoms with Gasteiger partial charge in [-0.2, -0.15) is 0 Å². The first-order chi connectivity index (χ1) is 13.5. The fourth-order valence-electron chi connectivity index (χ4n) is 3.09. The lowest BCUT2D eigenvalue weighted by Gasteiger charge is -2.10. The minimum absolute atomic E-state index is 0.233. The molecule has 0 aliphatic carbocycles. The van der Waals surface area contributed by atoms with Gasteiger partial charge in [-0.1, -0.05) is 36.4 Å². The average Bonchev–Trinajstić information content (AvgIpc) is 3.17. The van der Waals surface area contributed by atoms with Gasteiger partial charge in [0.1, 0.15) is 5.75 Å². The van der Waals surface area contributed by atoms with Crippen molar-refractivity contribution in [2.24, 2.45) is 0 Å². The summed E-state index contributed by atoms with van der Waals surface area (Å²) < 4.78 is 5.43. The standard InChI is InChI=1S/C23H20N2O2S/c1-14-8-9-18(10-15(14)2)20-13-28-23(24-20)25-22(26)19-11-16-6-4-5-7-17(16)12-21(19)27-3/h4-13H,1-3H3,(H,24,25,26). The van der Waals surface area contributed by atoms with E-state index in [1.54, 1.807) is 7.11 Å². The second-order valence-corrected chi connectivity index (χ2v) is 7.55. The first-order valence-electron chi connectivity index (χ1n) is 8.96. The zero-order chi connectivity index (χ0) is 19.7. The van der Waals surface area contributed by atoms with Crippen LogP contribution in [0.5, 0.6) is 5.75 Å². The smallest absolute Gasteiger partial charge is 0.261 e. The summed E-state index contributed by atoms with van der Waals surface area (Å²) in [6.07, 6.45) is 0. The molecule has 3 aromatic carbocycles. The van der Waals surface area contributed by atoms with Crippen molar-refractivity contribution in [2.75, 3.05) is 12.4 Å².